The molecule has 0 aromatic carbocycles. The third kappa shape index (κ3) is 9.82. The summed E-state index contributed by atoms with van der Waals surface area (Å²) >= 11 is 0. The van der Waals surface area contributed by atoms with E-state index < -0.39 is 29.9 Å². The first-order chi connectivity index (χ1) is 18.7. The lowest BCUT2D eigenvalue weighted by Crippen LogP contribution is -2.41. The summed E-state index contributed by atoms with van der Waals surface area (Å²) in [6.07, 6.45) is 9.19. The van der Waals surface area contributed by atoms with Crippen LogP contribution in [0, 0.1) is 23.7 Å². The Morgan fingerprint density at radius 3 is 2.50 bits per heavy atom. The number of carbonyl (C=O) groups excluding carboxylic acids is 2. The predicted octanol–water partition coefficient (Wildman–Crippen LogP) is 4.92. The van der Waals surface area contributed by atoms with Gasteiger partial charge in [0, 0.05) is 38.2 Å². The monoisotopic (exact) mass is 564 g/mol. The van der Waals surface area contributed by atoms with E-state index in [1.807, 2.05) is 52.0 Å². The lowest BCUT2D eigenvalue weighted by atomic mass is 9.87. The minimum atomic E-state index is -1.26. The van der Waals surface area contributed by atoms with Crippen LogP contribution in [0.5, 0.6) is 0 Å². The number of ether oxygens (including phenoxy) is 4. The van der Waals surface area contributed by atoms with E-state index >= 15 is 0 Å². The molecule has 0 amide bonds. The van der Waals surface area contributed by atoms with Gasteiger partial charge in [-0.1, -0.05) is 58.9 Å². The van der Waals surface area contributed by atoms with Gasteiger partial charge in [-0.25, -0.2) is 0 Å². The summed E-state index contributed by atoms with van der Waals surface area (Å²) in [5.74, 6) is -0.945. The zero-order valence-corrected chi connectivity index (χ0v) is 25.8. The van der Waals surface area contributed by atoms with Crippen LogP contribution in [-0.2, 0) is 28.5 Å². The lowest BCUT2D eigenvalue weighted by molar-refractivity contribution is -0.156. The van der Waals surface area contributed by atoms with E-state index in [2.05, 4.69) is 13.8 Å². The topological polar surface area (TPSA) is 115 Å². The molecule has 2 N–H and O–H groups in total. The standard InChI is InChI=1S/C32H52O8/c1-10-25(37-9)23(6)30-31(40-30)28(35)20(3)12-11-13-21(4)29-22(5)14-15-26(38-24(7)33)32(8,36)17-16-19(2)18-27(34)39-29/h11-15,19-20,22-23,25-26,28-31,35-36H,10,16-18H2,1-9H3/b12-11+,15-14+,21-13+. The summed E-state index contributed by atoms with van der Waals surface area (Å²) in [7, 11) is 1.71. The van der Waals surface area contributed by atoms with Gasteiger partial charge in [0.25, 0.3) is 0 Å². The summed E-state index contributed by atoms with van der Waals surface area (Å²) in [5, 5.41) is 21.9. The third-order valence-electron chi connectivity index (χ3n) is 8.36. The Balaban J connectivity index is 2.16. The first-order valence-electron chi connectivity index (χ1n) is 14.7. The van der Waals surface area contributed by atoms with Crippen LogP contribution < -0.4 is 0 Å². The van der Waals surface area contributed by atoms with Gasteiger partial charge in [0.15, 0.2) is 0 Å². The van der Waals surface area contributed by atoms with Crippen LogP contribution in [0.3, 0.4) is 0 Å². The van der Waals surface area contributed by atoms with Crippen molar-refractivity contribution in [3.63, 3.8) is 0 Å². The first-order valence-corrected chi connectivity index (χ1v) is 14.7. The molecule has 0 spiro atoms. The second-order valence-corrected chi connectivity index (χ2v) is 12.1. The van der Waals surface area contributed by atoms with Crippen molar-refractivity contribution in [1.29, 1.82) is 0 Å². The second-order valence-electron chi connectivity index (χ2n) is 12.1. The van der Waals surface area contributed by atoms with E-state index in [1.165, 1.54) is 6.92 Å². The highest BCUT2D eigenvalue weighted by Gasteiger charge is 2.50. The molecule has 0 saturated carbocycles. The molecule has 2 rings (SSSR count). The predicted molar refractivity (Wildman–Crippen MR) is 154 cm³/mol. The van der Waals surface area contributed by atoms with Crippen molar-refractivity contribution in [2.45, 2.75) is 123 Å². The Morgan fingerprint density at radius 1 is 1.23 bits per heavy atom. The van der Waals surface area contributed by atoms with E-state index in [0.717, 1.165) is 12.0 Å². The zero-order chi connectivity index (χ0) is 30.2. The highest BCUT2D eigenvalue weighted by molar-refractivity contribution is 5.70. The number of hydrogen-bond donors (Lipinski definition) is 2. The fourth-order valence-corrected chi connectivity index (χ4v) is 5.49. The number of cyclic esters (lactones) is 1. The minimum absolute atomic E-state index is 0.00415. The van der Waals surface area contributed by atoms with Gasteiger partial charge in [-0.3, -0.25) is 9.59 Å². The summed E-state index contributed by atoms with van der Waals surface area (Å²) in [5.41, 5.74) is -0.424. The van der Waals surface area contributed by atoms with Gasteiger partial charge in [-0.05, 0) is 50.7 Å². The number of esters is 2. The smallest absolute Gasteiger partial charge is 0.306 e. The maximum Gasteiger partial charge on any atom is 0.306 e. The molecule has 8 nitrogen and oxygen atoms in total. The van der Waals surface area contributed by atoms with E-state index in [1.54, 1.807) is 20.1 Å². The van der Waals surface area contributed by atoms with Crippen molar-refractivity contribution in [3.8, 4) is 0 Å². The molecule has 2 aliphatic heterocycles. The fraction of sp³-hybridized carbons (Fsp3) is 0.750. The van der Waals surface area contributed by atoms with Crippen LogP contribution in [0.25, 0.3) is 0 Å². The number of allylic oxidation sites excluding steroid dienone is 2. The van der Waals surface area contributed by atoms with Crippen molar-refractivity contribution in [3.05, 3.63) is 36.0 Å². The summed E-state index contributed by atoms with van der Waals surface area (Å²) in [4.78, 5) is 24.5. The van der Waals surface area contributed by atoms with E-state index in [-0.39, 0.29) is 54.4 Å². The Hall–Kier alpha value is -2.00. The lowest BCUT2D eigenvalue weighted by Gasteiger charge is -2.32. The molecule has 11 atom stereocenters. The average Bonchev–Trinajstić information content (AvgIpc) is 3.68. The van der Waals surface area contributed by atoms with Gasteiger partial charge in [-0.15, -0.1) is 0 Å². The molecule has 11 unspecified atom stereocenters. The van der Waals surface area contributed by atoms with Gasteiger partial charge in [0.05, 0.1) is 18.3 Å². The molecule has 1 fully saturated rings. The Morgan fingerprint density at radius 2 is 1.90 bits per heavy atom. The molecular weight excluding hydrogens is 512 g/mol. The van der Waals surface area contributed by atoms with Crippen molar-refractivity contribution in [2.75, 3.05) is 7.11 Å². The molecule has 1 saturated heterocycles. The quantitative estimate of drug-likeness (QED) is 0.166. The van der Waals surface area contributed by atoms with Crippen LogP contribution in [0.15, 0.2) is 36.0 Å². The van der Waals surface area contributed by atoms with E-state index in [4.69, 9.17) is 18.9 Å². The van der Waals surface area contributed by atoms with Crippen molar-refractivity contribution >= 4 is 11.9 Å². The molecular formula is C32H52O8. The number of hydrogen-bond acceptors (Lipinski definition) is 8. The molecule has 40 heavy (non-hydrogen) atoms. The first kappa shape index (κ1) is 34.2. The molecule has 2 heterocycles. The highest BCUT2D eigenvalue weighted by atomic mass is 16.6. The van der Waals surface area contributed by atoms with Crippen LogP contribution in [0.4, 0.5) is 0 Å². The summed E-state index contributed by atoms with van der Waals surface area (Å²) < 4.78 is 22.7. The number of methoxy groups -OCH3 is 1. The molecule has 0 bridgehead atoms. The maximum atomic E-state index is 12.8. The molecule has 228 valence electrons. The molecule has 8 heteroatoms. The van der Waals surface area contributed by atoms with Crippen LogP contribution in [-0.4, -0.2) is 71.5 Å². The number of rotatable bonds is 10. The highest BCUT2D eigenvalue weighted by Crippen LogP contribution is 2.37. The molecule has 0 aromatic rings. The van der Waals surface area contributed by atoms with Crippen molar-refractivity contribution < 1.29 is 38.7 Å². The molecule has 2 aliphatic rings. The van der Waals surface area contributed by atoms with Gasteiger partial charge in [0.1, 0.15) is 23.9 Å². The molecule has 0 aliphatic carbocycles. The molecule has 0 aromatic heterocycles. The zero-order valence-electron chi connectivity index (χ0n) is 25.8. The van der Waals surface area contributed by atoms with Gasteiger partial charge in [0.2, 0.25) is 0 Å². The van der Waals surface area contributed by atoms with Crippen LogP contribution in [0.1, 0.15) is 81.1 Å². The number of aliphatic hydroxyl groups is 2. The van der Waals surface area contributed by atoms with Crippen molar-refractivity contribution in [1.82, 2.24) is 0 Å². The Kier molecular flexibility index (Phi) is 13.1. The van der Waals surface area contributed by atoms with Crippen LogP contribution in [0.2, 0.25) is 0 Å². The Bertz CT molecular complexity index is 918. The van der Waals surface area contributed by atoms with Crippen LogP contribution >= 0.6 is 0 Å². The van der Waals surface area contributed by atoms with Crippen molar-refractivity contribution in [2.24, 2.45) is 23.7 Å². The van der Waals surface area contributed by atoms with Gasteiger partial charge >= 0.3 is 11.9 Å². The maximum absolute atomic E-state index is 12.8. The van der Waals surface area contributed by atoms with E-state index in [9.17, 15) is 19.8 Å². The largest absolute Gasteiger partial charge is 0.457 e. The minimum Gasteiger partial charge on any atom is -0.457 e. The molecule has 0 radical (unpaired) electrons. The summed E-state index contributed by atoms with van der Waals surface area (Å²) in [6, 6.07) is 0. The number of carbonyl (C=O) groups is 2. The normalized spacial score (nSPS) is 36.0. The summed E-state index contributed by atoms with van der Waals surface area (Å²) in [6.45, 7) is 14.9. The SMILES string of the molecule is CCC(OC)C(C)C1OC1C(O)C(C)/C=C/C=C(\C)C1OC(=O)CC(C)CCC(C)(O)C(OC(C)=O)/C=C/C1C. The number of epoxide rings is 1. The fourth-order valence-electron chi connectivity index (χ4n) is 5.49. The second kappa shape index (κ2) is 15.3. The third-order valence-corrected chi connectivity index (χ3v) is 8.36. The average molecular weight is 565 g/mol. The Labute approximate surface area is 240 Å². The van der Waals surface area contributed by atoms with Gasteiger partial charge in [-0.2, -0.15) is 0 Å². The van der Waals surface area contributed by atoms with E-state index in [0.29, 0.717) is 12.8 Å². The van der Waals surface area contributed by atoms with Gasteiger partial charge < -0.3 is 29.2 Å². The number of aliphatic hydroxyl groups excluding tert-OH is 1.